The van der Waals surface area contributed by atoms with Crippen LogP contribution in [0.3, 0.4) is 0 Å². The second-order valence-electron chi connectivity index (χ2n) is 18.7. The highest BCUT2D eigenvalue weighted by Crippen LogP contribution is 2.46. The molecule has 0 aliphatic carbocycles. The Morgan fingerprint density at radius 1 is 0.333 bits per heavy atom. The van der Waals surface area contributed by atoms with Gasteiger partial charge in [0.2, 0.25) is 0 Å². The Hall–Kier alpha value is -5.22. The summed E-state index contributed by atoms with van der Waals surface area (Å²) in [7, 11) is 0. The molecule has 6 aromatic rings. The van der Waals surface area contributed by atoms with E-state index >= 15 is 0 Å². The lowest BCUT2D eigenvalue weighted by molar-refractivity contribution is 0.446. The molecular weight excluding hydrogens is 661 g/mol. The van der Waals surface area contributed by atoms with Crippen molar-refractivity contribution in [3.05, 3.63) is 131 Å². The summed E-state index contributed by atoms with van der Waals surface area (Å²) in [5, 5.41) is 23.6. The minimum absolute atomic E-state index is 0.103. The quantitative estimate of drug-likeness (QED) is 0.186. The smallest absolute Gasteiger partial charge is 0.127 e. The molecule has 4 nitrogen and oxygen atoms in total. The van der Waals surface area contributed by atoms with Gasteiger partial charge in [0.15, 0.2) is 0 Å². The first-order chi connectivity index (χ1) is 25.1. The summed E-state index contributed by atoms with van der Waals surface area (Å²) in [6, 6.07) is 37.0. The average molecular weight is 717 g/mol. The Kier molecular flexibility index (Phi) is 9.90. The highest BCUT2D eigenvalue weighted by molar-refractivity contribution is 5.88. The van der Waals surface area contributed by atoms with Gasteiger partial charge in [-0.3, -0.25) is 0 Å². The molecule has 0 atom stereocenters. The number of phenolic OH excluding ortho intramolecular Hbond substituents is 2. The summed E-state index contributed by atoms with van der Waals surface area (Å²) < 4.78 is 0. The monoisotopic (exact) mass is 716 g/mol. The molecule has 0 spiro atoms. The normalized spacial score (nSPS) is 12.6. The van der Waals surface area contributed by atoms with Crippen molar-refractivity contribution >= 4 is 0 Å². The second kappa shape index (κ2) is 13.9. The maximum atomic E-state index is 11.8. The first-order valence-electron chi connectivity index (χ1n) is 19.0. The fourth-order valence-corrected chi connectivity index (χ4v) is 7.03. The van der Waals surface area contributed by atoms with E-state index in [0.717, 1.165) is 67.3 Å². The van der Waals surface area contributed by atoms with Gasteiger partial charge in [-0.05, 0) is 80.3 Å². The molecule has 54 heavy (non-hydrogen) atoms. The minimum atomic E-state index is -0.245. The molecule has 0 amide bonds. The van der Waals surface area contributed by atoms with E-state index in [1.165, 1.54) is 11.1 Å². The molecule has 0 saturated heterocycles. The van der Waals surface area contributed by atoms with Crippen LogP contribution < -0.4 is 0 Å². The molecular formula is C50H56N2O2. The van der Waals surface area contributed by atoms with E-state index in [4.69, 9.17) is 9.97 Å². The van der Waals surface area contributed by atoms with Crippen molar-refractivity contribution < 1.29 is 10.2 Å². The van der Waals surface area contributed by atoms with Crippen LogP contribution in [0.1, 0.15) is 105 Å². The Balaban J connectivity index is 1.47. The van der Waals surface area contributed by atoms with Gasteiger partial charge in [0.05, 0.1) is 22.8 Å². The van der Waals surface area contributed by atoms with Crippen molar-refractivity contribution in [2.45, 2.75) is 105 Å². The molecule has 0 saturated carbocycles. The van der Waals surface area contributed by atoms with Gasteiger partial charge in [-0.15, -0.1) is 0 Å². The standard InChI is InChI=1S/C50H56N2O2/c1-47(2,3)31-27-37(45(53)39(29-31)49(7,8)9)33-19-13-15-21-35(33)41-23-17-25-43(51-41)44-26-18-24-42(52-44)36-22-16-14-20-34(36)38-28-32(48(4,5)6)30-40(46(38)54)50(10,11)12/h13-30,53-54H,1-12H3. The number of nitrogens with zero attached hydrogens (tertiary/aromatic N) is 2. The van der Waals surface area contributed by atoms with E-state index in [1.54, 1.807) is 0 Å². The van der Waals surface area contributed by atoms with Gasteiger partial charge in [0, 0.05) is 33.4 Å². The molecule has 0 radical (unpaired) electrons. The largest absolute Gasteiger partial charge is 0.507 e. The summed E-state index contributed by atoms with van der Waals surface area (Å²) >= 11 is 0. The SMILES string of the molecule is CC(C)(C)c1cc(-c2ccccc2-c2cccc(-c3cccc(-c4ccccc4-c4cc(C(C)(C)C)cc(C(C)(C)C)c4O)n3)n2)c(O)c(C(C)(C)C)c1. The minimum Gasteiger partial charge on any atom is -0.507 e. The van der Waals surface area contributed by atoms with Crippen LogP contribution in [-0.4, -0.2) is 20.2 Å². The highest BCUT2D eigenvalue weighted by atomic mass is 16.3. The fraction of sp³-hybridized carbons (Fsp3) is 0.320. The van der Waals surface area contributed by atoms with E-state index in [2.05, 4.69) is 132 Å². The molecule has 278 valence electrons. The summed E-state index contributed by atoms with van der Waals surface area (Å²) in [5.41, 5.74) is 11.9. The highest BCUT2D eigenvalue weighted by Gasteiger charge is 2.28. The predicted molar refractivity (Wildman–Crippen MR) is 227 cm³/mol. The van der Waals surface area contributed by atoms with E-state index in [-0.39, 0.29) is 21.7 Å². The van der Waals surface area contributed by atoms with Crippen LogP contribution in [0.2, 0.25) is 0 Å². The first kappa shape index (κ1) is 38.5. The van der Waals surface area contributed by atoms with Gasteiger partial charge >= 0.3 is 0 Å². The van der Waals surface area contributed by atoms with Gasteiger partial charge in [-0.1, -0.05) is 156 Å². The number of hydrogen-bond acceptors (Lipinski definition) is 4. The zero-order valence-corrected chi connectivity index (χ0v) is 34.2. The Bertz CT molecular complexity index is 2170. The summed E-state index contributed by atoms with van der Waals surface area (Å²) in [4.78, 5) is 10.4. The van der Waals surface area contributed by atoms with Crippen LogP contribution in [-0.2, 0) is 21.7 Å². The number of aromatic nitrogens is 2. The number of phenols is 2. The fourth-order valence-electron chi connectivity index (χ4n) is 7.03. The number of hydrogen-bond donors (Lipinski definition) is 2. The van der Waals surface area contributed by atoms with Crippen molar-refractivity contribution in [3.63, 3.8) is 0 Å². The van der Waals surface area contributed by atoms with Gasteiger partial charge in [0.25, 0.3) is 0 Å². The Labute approximate surface area is 323 Å². The van der Waals surface area contributed by atoms with Gasteiger partial charge in [0.1, 0.15) is 11.5 Å². The lowest BCUT2D eigenvalue weighted by Crippen LogP contribution is -2.17. The van der Waals surface area contributed by atoms with E-state index in [0.29, 0.717) is 11.5 Å². The number of rotatable bonds is 5. The molecule has 0 aliphatic rings. The third kappa shape index (κ3) is 7.71. The molecule has 0 unspecified atom stereocenters. The van der Waals surface area contributed by atoms with Gasteiger partial charge < -0.3 is 10.2 Å². The number of benzene rings is 4. The van der Waals surface area contributed by atoms with E-state index in [1.807, 2.05) is 60.7 Å². The number of pyridine rings is 2. The molecule has 2 aromatic heterocycles. The molecule has 6 rings (SSSR count). The van der Waals surface area contributed by atoms with Crippen LogP contribution in [0.15, 0.2) is 109 Å². The summed E-state index contributed by atoms with van der Waals surface area (Å²) in [6.45, 7) is 26.1. The summed E-state index contributed by atoms with van der Waals surface area (Å²) in [6.07, 6.45) is 0. The van der Waals surface area contributed by atoms with Crippen molar-refractivity contribution in [2.75, 3.05) is 0 Å². The van der Waals surface area contributed by atoms with Crippen molar-refractivity contribution in [3.8, 4) is 67.7 Å². The molecule has 4 heteroatoms. The predicted octanol–water partition coefficient (Wildman–Crippen LogP) is 13.4. The topological polar surface area (TPSA) is 66.2 Å². The maximum absolute atomic E-state index is 11.8. The lowest BCUT2D eigenvalue weighted by atomic mass is 9.77. The van der Waals surface area contributed by atoms with Crippen molar-refractivity contribution in [1.29, 1.82) is 0 Å². The lowest BCUT2D eigenvalue weighted by Gasteiger charge is -2.28. The molecule has 2 N–H and O–H groups in total. The van der Waals surface area contributed by atoms with Crippen LogP contribution in [0, 0.1) is 0 Å². The van der Waals surface area contributed by atoms with Crippen LogP contribution in [0.5, 0.6) is 11.5 Å². The maximum Gasteiger partial charge on any atom is 0.127 e. The van der Waals surface area contributed by atoms with Crippen molar-refractivity contribution in [1.82, 2.24) is 9.97 Å². The third-order valence-corrected chi connectivity index (χ3v) is 10.3. The third-order valence-electron chi connectivity index (χ3n) is 10.3. The van der Waals surface area contributed by atoms with Crippen LogP contribution >= 0.6 is 0 Å². The van der Waals surface area contributed by atoms with Gasteiger partial charge in [-0.2, -0.15) is 0 Å². The zero-order chi connectivity index (χ0) is 39.4. The average Bonchev–Trinajstić information content (AvgIpc) is 3.10. The Morgan fingerprint density at radius 2 is 0.648 bits per heavy atom. The Morgan fingerprint density at radius 3 is 0.963 bits per heavy atom. The van der Waals surface area contributed by atoms with Crippen LogP contribution in [0.4, 0.5) is 0 Å². The first-order valence-corrected chi connectivity index (χ1v) is 19.0. The molecule has 4 aromatic carbocycles. The van der Waals surface area contributed by atoms with Crippen LogP contribution in [0.25, 0.3) is 56.2 Å². The summed E-state index contributed by atoms with van der Waals surface area (Å²) in [5.74, 6) is 0.613. The number of aromatic hydroxyl groups is 2. The molecule has 2 heterocycles. The molecule has 0 fully saturated rings. The van der Waals surface area contributed by atoms with E-state index in [9.17, 15) is 10.2 Å². The van der Waals surface area contributed by atoms with Crippen molar-refractivity contribution in [2.24, 2.45) is 0 Å². The zero-order valence-electron chi connectivity index (χ0n) is 34.2. The van der Waals surface area contributed by atoms with Gasteiger partial charge in [-0.25, -0.2) is 9.97 Å². The van der Waals surface area contributed by atoms with E-state index < -0.39 is 0 Å². The molecule has 0 bridgehead atoms. The molecule has 0 aliphatic heterocycles. The second-order valence-corrected chi connectivity index (χ2v) is 18.7.